The maximum atomic E-state index is 10.4. The van der Waals surface area contributed by atoms with Gasteiger partial charge in [0, 0.05) is 0 Å². The fraction of sp³-hybridized carbons (Fsp3) is 0.538. The maximum absolute atomic E-state index is 10.4. The van der Waals surface area contributed by atoms with Gasteiger partial charge in [0.25, 0.3) is 0 Å². The summed E-state index contributed by atoms with van der Waals surface area (Å²) >= 11 is 0. The lowest BCUT2D eigenvalue weighted by atomic mass is 9.85. The van der Waals surface area contributed by atoms with Crippen molar-refractivity contribution in [1.29, 1.82) is 0 Å². The van der Waals surface area contributed by atoms with Crippen molar-refractivity contribution >= 4 is 0 Å². The molecular formula is C13H21NO. The van der Waals surface area contributed by atoms with E-state index in [1.165, 1.54) is 5.56 Å². The van der Waals surface area contributed by atoms with E-state index in [-0.39, 0.29) is 0 Å². The second-order valence-corrected chi connectivity index (χ2v) is 4.59. The van der Waals surface area contributed by atoms with E-state index in [0.29, 0.717) is 13.0 Å². The molecule has 0 saturated heterocycles. The summed E-state index contributed by atoms with van der Waals surface area (Å²) in [6.45, 7) is 8.49. The third kappa shape index (κ3) is 2.58. The molecule has 0 spiro atoms. The molecule has 0 heterocycles. The lowest BCUT2D eigenvalue weighted by Gasteiger charge is -2.27. The van der Waals surface area contributed by atoms with Crippen LogP contribution in [-0.2, 0) is 5.60 Å². The Labute approximate surface area is 92.1 Å². The van der Waals surface area contributed by atoms with Gasteiger partial charge in [0.15, 0.2) is 0 Å². The SMILES string of the molecule is Cc1cc(C)c(C(C)(O)CCN)c(C)c1. The Morgan fingerprint density at radius 3 is 2.07 bits per heavy atom. The molecule has 3 N–H and O–H groups in total. The molecule has 0 aromatic heterocycles. The first-order chi connectivity index (χ1) is 6.88. The molecule has 0 fully saturated rings. The summed E-state index contributed by atoms with van der Waals surface area (Å²) in [4.78, 5) is 0. The summed E-state index contributed by atoms with van der Waals surface area (Å²) in [6.07, 6.45) is 0.595. The molecule has 1 aromatic carbocycles. The summed E-state index contributed by atoms with van der Waals surface area (Å²) in [7, 11) is 0. The number of hydrogen-bond acceptors (Lipinski definition) is 2. The molecule has 0 aliphatic heterocycles. The van der Waals surface area contributed by atoms with Gasteiger partial charge in [-0.15, -0.1) is 0 Å². The van der Waals surface area contributed by atoms with Gasteiger partial charge in [-0.1, -0.05) is 17.7 Å². The summed E-state index contributed by atoms with van der Waals surface area (Å²) in [5.74, 6) is 0. The van der Waals surface area contributed by atoms with Gasteiger partial charge in [0.1, 0.15) is 0 Å². The van der Waals surface area contributed by atoms with Crippen LogP contribution < -0.4 is 5.73 Å². The van der Waals surface area contributed by atoms with Crippen LogP contribution in [0.5, 0.6) is 0 Å². The van der Waals surface area contributed by atoms with Crippen molar-refractivity contribution in [3.63, 3.8) is 0 Å². The van der Waals surface area contributed by atoms with Crippen LogP contribution in [0, 0.1) is 20.8 Å². The van der Waals surface area contributed by atoms with Gasteiger partial charge in [-0.05, 0) is 57.4 Å². The van der Waals surface area contributed by atoms with E-state index in [2.05, 4.69) is 19.1 Å². The molecular weight excluding hydrogens is 186 g/mol. The van der Waals surface area contributed by atoms with Gasteiger partial charge in [-0.25, -0.2) is 0 Å². The molecule has 15 heavy (non-hydrogen) atoms. The average molecular weight is 207 g/mol. The second-order valence-electron chi connectivity index (χ2n) is 4.59. The van der Waals surface area contributed by atoms with E-state index >= 15 is 0 Å². The van der Waals surface area contributed by atoms with Crippen LogP contribution in [0.3, 0.4) is 0 Å². The number of hydrogen-bond donors (Lipinski definition) is 2. The first kappa shape index (κ1) is 12.2. The number of aryl methyl sites for hydroxylation is 3. The Morgan fingerprint density at radius 2 is 1.67 bits per heavy atom. The highest BCUT2D eigenvalue weighted by molar-refractivity contribution is 5.41. The third-order valence-electron chi connectivity index (χ3n) is 2.85. The van der Waals surface area contributed by atoms with Gasteiger partial charge in [-0.3, -0.25) is 0 Å². The van der Waals surface area contributed by atoms with Gasteiger partial charge in [0.05, 0.1) is 5.60 Å². The molecule has 1 unspecified atom stereocenters. The molecule has 0 amide bonds. The second kappa shape index (κ2) is 4.33. The smallest absolute Gasteiger partial charge is 0.0885 e. The lowest BCUT2D eigenvalue weighted by molar-refractivity contribution is 0.0491. The van der Waals surface area contributed by atoms with Crippen LogP contribution in [-0.4, -0.2) is 11.7 Å². The molecule has 2 heteroatoms. The lowest BCUT2D eigenvalue weighted by Crippen LogP contribution is -2.27. The number of benzene rings is 1. The number of nitrogens with two attached hydrogens (primary N) is 1. The molecule has 2 nitrogen and oxygen atoms in total. The number of aliphatic hydroxyl groups is 1. The minimum Gasteiger partial charge on any atom is -0.385 e. The monoisotopic (exact) mass is 207 g/mol. The van der Waals surface area contributed by atoms with Crippen LogP contribution >= 0.6 is 0 Å². The van der Waals surface area contributed by atoms with E-state index in [0.717, 1.165) is 16.7 Å². The summed E-state index contributed by atoms with van der Waals surface area (Å²) in [6, 6.07) is 4.21. The summed E-state index contributed by atoms with van der Waals surface area (Å²) in [5, 5.41) is 10.4. The highest BCUT2D eigenvalue weighted by atomic mass is 16.3. The Hall–Kier alpha value is -0.860. The predicted octanol–water partition coefficient (Wildman–Crippen LogP) is 2.17. The van der Waals surface area contributed by atoms with Crippen molar-refractivity contribution in [1.82, 2.24) is 0 Å². The van der Waals surface area contributed by atoms with Crippen LogP contribution in [0.4, 0.5) is 0 Å². The molecule has 0 saturated carbocycles. The van der Waals surface area contributed by atoms with Gasteiger partial charge >= 0.3 is 0 Å². The normalized spacial score (nSPS) is 15.1. The van der Waals surface area contributed by atoms with Crippen molar-refractivity contribution in [2.24, 2.45) is 5.73 Å². The van der Waals surface area contributed by atoms with Crippen LogP contribution in [0.1, 0.15) is 35.6 Å². The van der Waals surface area contributed by atoms with Crippen molar-refractivity contribution in [3.05, 3.63) is 34.4 Å². The predicted molar refractivity (Wildman–Crippen MR) is 63.9 cm³/mol. The van der Waals surface area contributed by atoms with Crippen molar-refractivity contribution in [3.8, 4) is 0 Å². The third-order valence-corrected chi connectivity index (χ3v) is 2.85. The molecule has 1 atom stereocenters. The molecule has 1 aromatic rings. The van der Waals surface area contributed by atoms with Crippen molar-refractivity contribution < 1.29 is 5.11 Å². The number of rotatable bonds is 3. The molecule has 0 aliphatic rings. The van der Waals surface area contributed by atoms with E-state index in [1.54, 1.807) is 0 Å². The van der Waals surface area contributed by atoms with Crippen LogP contribution in [0.15, 0.2) is 12.1 Å². The quantitative estimate of drug-likeness (QED) is 0.798. The van der Waals surface area contributed by atoms with E-state index in [9.17, 15) is 5.11 Å². The Morgan fingerprint density at radius 1 is 1.20 bits per heavy atom. The zero-order valence-electron chi connectivity index (χ0n) is 10.1. The maximum Gasteiger partial charge on any atom is 0.0885 e. The van der Waals surface area contributed by atoms with Gasteiger partial charge < -0.3 is 10.8 Å². The Bertz CT molecular complexity index is 333. The largest absolute Gasteiger partial charge is 0.385 e. The first-order valence-corrected chi connectivity index (χ1v) is 5.39. The molecule has 84 valence electrons. The Balaban J connectivity index is 3.24. The van der Waals surface area contributed by atoms with Crippen LogP contribution in [0.25, 0.3) is 0 Å². The van der Waals surface area contributed by atoms with Gasteiger partial charge in [-0.2, -0.15) is 0 Å². The van der Waals surface area contributed by atoms with Crippen molar-refractivity contribution in [2.45, 2.75) is 39.7 Å². The van der Waals surface area contributed by atoms with E-state index in [4.69, 9.17) is 5.73 Å². The fourth-order valence-corrected chi connectivity index (χ4v) is 2.44. The topological polar surface area (TPSA) is 46.2 Å². The van der Waals surface area contributed by atoms with Crippen LogP contribution in [0.2, 0.25) is 0 Å². The minimum absolute atomic E-state index is 0.500. The van der Waals surface area contributed by atoms with Gasteiger partial charge in [0.2, 0.25) is 0 Å². The molecule has 0 bridgehead atoms. The zero-order valence-corrected chi connectivity index (χ0v) is 10.1. The first-order valence-electron chi connectivity index (χ1n) is 5.39. The standard InChI is InChI=1S/C13H21NO/c1-9-7-10(2)12(11(3)8-9)13(4,15)5-6-14/h7-8,15H,5-6,14H2,1-4H3. The summed E-state index contributed by atoms with van der Waals surface area (Å²) < 4.78 is 0. The zero-order chi connectivity index (χ0) is 11.6. The molecule has 0 radical (unpaired) electrons. The van der Waals surface area contributed by atoms with Crippen molar-refractivity contribution in [2.75, 3.05) is 6.54 Å². The van der Waals surface area contributed by atoms with E-state index in [1.807, 2.05) is 20.8 Å². The Kier molecular flexibility index (Phi) is 3.53. The highest BCUT2D eigenvalue weighted by Gasteiger charge is 2.25. The average Bonchev–Trinajstić information content (AvgIpc) is 1.99. The fourth-order valence-electron chi connectivity index (χ4n) is 2.44. The highest BCUT2D eigenvalue weighted by Crippen LogP contribution is 2.30. The minimum atomic E-state index is -0.809. The molecule has 1 rings (SSSR count). The summed E-state index contributed by atoms with van der Waals surface area (Å²) in [5.41, 5.74) is 9.26. The van der Waals surface area contributed by atoms with E-state index < -0.39 is 5.60 Å². The molecule has 0 aliphatic carbocycles.